The van der Waals surface area contributed by atoms with Gasteiger partial charge in [-0.15, -0.1) is 5.10 Å². The number of carbonyl (C=O) groups excluding carboxylic acids is 1. The summed E-state index contributed by atoms with van der Waals surface area (Å²) in [4.78, 5) is 11.8. The van der Waals surface area contributed by atoms with Gasteiger partial charge in [0.15, 0.2) is 5.82 Å². The van der Waals surface area contributed by atoms with Crippen molar-refractivity contribution in [3.8, 4) is 22.5 Å². The molecule has 0 fully saturated rings. The Hall–Kier alpha value is -5.36. The lowest BCUT2D eigenvalue weighted by atomic mass is 9.76. The standard InChI is InChI=1S/C38H35N5O/c1-2-28(27-36(39)44)25-29-23-24-34(30-15-7-3-8-16-30)35(26-29)37-40-41-42-43(37)38(31-17-9-4-10-18-31,32-19-11-5-12-20-32)33-21-13-6-14-22-33/h3-24,26,28H,2,25,27H2,1H3,(H2,39,44). The third-order valence-electron chi connectivity index (χ3n) is 8.36. The number of benzene rings is 5. The van der Waals surface area contributed by atoms with Crippen LogP contribution in [0.2, 0.25) is 0 Å². The Labute approximate surface area is 258 Å². The minimum atomic E-state index is -0.871. The molecule has 6 heteroatoms. The fourth-order valence-electron chi connectivity index (χ4n) is 6.24. The molecule has 1 unspecified atom stereocenters. The normalized spacial score (nSPS) is 12.1. The summed E-state index contributed by atoms with van der Waals surface area (Å²) in [7, 11) is 0. The first-order valence-electron chi connectivity index (χ1n) is 15.0. The molecule has 0 radical (unpaired) electrons. The minimum Gasteiger partial charge on any atom is -0.370 e. The fourth-order valence-corrected chi connectivity index (χ4v) is 6.24. The van der Waals surface area contributed by atoms with Gasteiger partial charge in [-0.1, -0.05) is 147 Å². The highest BCUT2D eigenvalue weighted by molar-refractivity contribution is 5.81. The molecule has 0 aliphatic carbocycles. The highest BCUT2D eigenvalue weighted by Gasteiger charge is 2.42. The van der Waals surface area contributed by atoms with Crippen molar-refractivity contribution in [3.63, 3.8) is 0 Å². The molecule has 6 rings (SSSR count). The second-order valence-electron chi connectivity index (χ2n) is 11.1. The van der Waals surface area contributed by atoms with Crippen LogP contribution in [0, 0.1) is 5.92 Å². The zero-order chi connectivity index (χ0) is 30.4. The maximum atomic E-state index is 11.8. The van der Waals surface area contributed by atoms with Gasteiger partial charge in [-0.05, 0) is 62.2 Å². The molecule has 0 bridgehead atoms. The summed E-state index contributed by atoms with van der Waals surface area (Å²) in [6, 6.07) is 48.0. The number of hydrogen-bond donors (Lipinski definition) is 1. The summed E-state index contributed by atoms with van der Waals surface area (Å²) in [6.45, 7) is 2.10. The molecule has 6 aromatic rings. The highest BCUT2D eigenvalue weighted by Crippen LogP contribution is 2.43. The van der Waals surface area contributed by atoms with Gasteiger partial charge in [-0.3, -0.25) is 4.79 Å². The molecule has 0 saturated heterocycles. The van der Waals surface area contributed by atoms with Gasteiger partial charge in [0.05, 0.1) is 0 Å². The van der Waals surface area contributed by atoms with Crippen LogP contribution < -0.4 is 5.73 Å². The molecule has 2 N–H and O–H groups in total. The van der Waals surface area contributed by atoms with Crippen LogP contribution in [0.15, 0.2) is 140 Å². The molecule has 0 aliphatic rings. The summed E-state index contributed by atoms with van der Waals surface area (Å²) in [5, 5.41) is 13.8. The third kappa shape index (κ3) is 5.54. The number of tetrazole rings is 1. The second kappa shape index (κ2) is 12.9. The van der Waals surface area contributed by atoms with Gasteiger partial charge in [0.2, 0.25) is 5.91 Å². The minimum absolute atomic E-state index is 0.149. The summed E-state index contributed by atoms with van der Waals surface area (Å²) in [5.41, 5.74) is 11.9. The molecule has 6 nitrogen and oxygen atoms in total. The van der Waals surface area contributed by atoms with Gasteiger partial charge in [-0.25, -0.2) is 4.68 Å². The van der Waals surface area contributed by atoms with E-state index in [1.807, 2.05) is 41.1 Å². The molecule has 1 aromatic heterocycles. The topological polar surface area (TPSA) is 86.7 Å². The number of nitrogens with two attached hydrogens (primary N) is 1. The van der Waals surface area contributed by atoms with E-state index in [-0.39, 0.29) is 11.8 Å². The summed E-state index contributed by atoms with van der Waals surface area (Å²) in [5.74, 6) is 0.515. The van der Waals surface area contributed by atoms with E-state index < -0.39 is 5.54 Å². The molecule has 5 aromatic carbocycles. The SMILES string of the molecule is CCC(CC(N)=O)Cc1ccc(-c2ccccc2)c(-c2nnnn2C(c2ccccc2)(c2ccccc2)c2ccccc2)c1. The Kier molecular flexibility index (Phi) is 8.41. The van der Waals surface area contributed by atoms with Crippen LogP contribution in [-0.2, 0) is 16.8 Å². The average Bonchev–Trinajstić information content (AvgIpc) is 3.57. The number of aromatic nitrogens is 4. The number of hydrogen-bond acceptors (Lipinski definition) is 4. The highest BCUT2D eigenvalue weighted by atomic mass is 16.1. The van der Waals surface area contributed by atoms with Crippen molar-refractivity contribution in [1.82, 2.24) is 20.2 Å². The van der Waals surface area contributed by atoms with Crippen molar-refractivity contribution in [1.29, 1.82) is 0 Å². The van der Waals surface area contributed by atoms with Crippen LogP contribution in [0.1, 0.15) is 42.0 Å². The Bertz CT molecular complexity index is 1720. The zero-order valence-corrected chi connectivity index (χ0v) is 24.8. The third-order valence-corrected chi connectivity index (χ3v) is 8.36. The predicted molar refractivity (Wildman–Crippen MR) is 175 cm³/mol. The quantitative estimate of drug-likeness (QED) is 0.164. The number of rotatable bonds is 11. The molecule has 1 amide bonds. The Balaban J connectivity index is 1.64. The molecule has 0 aliphatic heterocycles. The van der Waals surface area contributed by atoms with E-state index in [0.717, 1.165) is 51.8 Å². The van der Waals surface area contributed by atoms with Crippen LogP contribution in [0.3, 0.4) is 0 Å². The van der Waals surface area contributed by atoms with Crippen LogP contribution in [0.4, 0.5) is 0 Å². The lowest BCUT2D eigenvalue weighted by Crippen LogP contribution is -2.39. The van der Waals surface area contributed by atoms with Crippen LogP contribution in [-0.4, -0.2) is 26.1 Å². The Morgan fingerprint density at radius 2 is 1.25 bits per heavy atom. The first kappa shape index (κ1) is 28.7. The monoisotopic (exact) mass is 577 g/mol. The van der Waals surface area contributed by atoms with E-state index in [9.17, 15) is 4.79 Å². The van der Waals surface area contributed by atoms with Gasteiger partial charge in [0.25, 0.3) is 0 Å². The Morgan fingerprint density at radius 3 is 1.75 bits per heavy atom. The molecule has 218 valence electrons. The summed E-state index contributed by atoms with van der Waals surface area (Å²) < 4.78 is 1.97. The molecule has 44 heavy (non-hydrogen) atoms. The molecule has 1 atom stereocenters. The molecule has 0 spiro atoms. The van der Waals surface area contributed by atoms with Gasteiger partial charge < -0.3 is 5.73 Å². The van der Waals surface area contributed by atoms with Crippen molar-refractivity contribution < 1.29 is 4.79 Å². The fraction of sp³-hybridized carbons (Fsp3) is 0.158. The number of amides is 1. The van der Waals surface area contributed by atoms with Gasteiger partial charge in [0, 0.05) is 12.0 Å². The largest absolute Gasteiger partial charge is 0.370 e. The van der Waals surface area contributed by atoms with E-state index in [2.05, 4.69) is 115 Å². The van der Waals surface area contributed by atoms with E-state index >= 15 is 0 Å². The summed E-state index contributed by atoms with van der Waals surface area (Å²) >= 11 is 0. The van der Waals surface area contributed by atoms with Crippen molar-refractivity contribution in [2.45, 2.75) is 31.7 Å². The molecule has 0 saturated carbocycles. The van der Waals surface area contributed by atoms with E-state index in [1.165, 1.54) is 0 Å². The van der Waals surface area contributed by atoms with Crippen molar-refractivity contribution in [3.05, 3.63) is 162 Å². The molecular formula is C38H35N5O. The van der Waals surface area contributed by atoms with E-state index in [4.69, 9.17) is 16.0 Å². The smallest absolute Gasteiger partial charge is 0.217 e. The zero-order valence-electron chi connectivity index (χ0n) is 24.8. The number of nitrogens with zero attached hydrogens (tertiary/aromatic N) is 4. The van der Waals surface area contributed by atoms with E-state index in [1.54, 1.807) is 0 Å². The molecular weight excluding hydrogens is 542 g/mol. The maximum Gasteiger partial charge on any atom is 0.217 e. The van der Waals surface area contributed by atoms with Crippen LogP contribution in [0.5, 0.6) is 0 Å². The van der Waals surface area contributed by atoms with Crippen molar-refractivity contribution in [2.75, 3.05) is 0 Å². The number of primary amides is 1. The second-order valence-corrected chi connectivity index (χ2v) is 11.1. The Morgan fingerprint density at radius 1 is 0.727 bits per heavy atom. The molecule has 1 heterocycles. The first-order valence-corrected chi connectivity index (χ1v) is 15.0. The number of carbonyl (C=O) groups is 1. The van der Waals surface area contributed by atoms with Crippen molar-refractivity contribution >= 4 is 5.91 Å². The average molecular weight is 578 g/mol. The maximum absolute atomic E-state index is 11.8. The summed E-state index contributed by atoms with van der Waals surface area (Å²) in [6.07, 6.45) is 1.93. The van der Waals surface area contributed by atoms with Crippen molar-refractivity contribution in [2.24, 2.45) is 11.7 Å². The predicted octanol–water partition coefficient (Wildman–Crippen LogP) is 7.29. The van der Waals surface area contributed by atoms with Gasteiger partial charge >= 0.3 is 0 Å². The van der Waals surface area contributed by atoms with E-state index in [0.29, 0.717) is 12.2 Å². The lowest BCUT2D eigenvalue weighted by Gasteiger charge is -2.36. The first-order chi connectivity index (χ1) is 21.6. The lowest BCUT2D eigenvalue weighted by molar-refractivity contribution is -0.118. The van der Waals surface area contributed by atoms with Gasteiger partial charge in [-0.2, -0.15) is 0 Å². The van der Waals surface area contributed by atoms with Gasteiger partial charge in [0.1, 0.15) is 5.54 Å². The van der Waals surface area contributed by atoms with Crippen LogP contribution >= 0.6 is 0 Å². The van der Waals surface area contributed by atoms with Crippen LogP contribution in [0.25, 0.3) is 22.5 Å².